The quantitative estimate of drug-likeness (QED) is 0.761. The summed E-state index contributed by atoms with van der Waals surface area (Å²) in [6.45, 7) is 2.88. The Hall–Kier alpha value is -0.870. The van der Waals surface area contributed by atoms with Gasteiger partial charge in [0.1, 0.15) is 12.4 Å². The zero-order valence-electron chi connectivity index (χ0n) is 9.68. The Kier molecular flexibility index (Phi) is 6.22. The van der Waals surface area contributed by atoms with Gasteiger partial charge >= 0.3 is 0 Å². The van der Waals surface area contributed by atoms with Gasteiger partial charge in [-0.25, -0.2) is 8.78 Å². The van der Waals surface area contributed by atoms with Crippen LogP contribution >= 0.6 is 11.6 Å². The summed E-state index contributed by atoms with van der Waals surface area (Å²) in [5, 5.41) is 3.75. The number of hydrogen-bond donors (Lipinski definition) is 1. The average Bonchev–Trinajstić information content (AvgIpc) is 2.28. The normalized spacial score (nSPS) is 10.9. The Morgan fingerprint density at radius 1 is 1.41 bits per heavy atom. The summed E-state index contributed by atoms with van der Waals surface area (Å²) in [6.07, 6.45) is -1.46. The van der Waals surface area contributed by atoms with Gasteiger partial charge in [-0.3, -0.25) is 0 Å². The van der Waals surface area contributed by atoms with Crippen LogP contribution in [0.25, 0.3) is 0 Å². The molecule has 0 heterocycles. The molecule has 5 heteroatoms. The molecule has 0 atom stereocenters. The molecule has 17 heavy (non-hydrogen) atoms. The summed E-state index contributed by atoms with van der Waals surface area (Å²) < 4.78 is 29.2. The largest absolute Gasteiger partial charge is 0.487 e. The second kappa shape index (κ2) is 7.45. The molecule has 1 rings (SSSR count). The third-order valence-corrected chi connectivity index (χ3v) is 2.36. The van der Waals surface area contributed by atoms with Gasteiger partial charge in [0, 0.05) is 17.1 Å². The van der Waals surface area contributed by atoms with Gasteiger partial charge in [-0.15, -0.1) is 0 Å². The van der Waals surface area contributed by atoms with Crippen molar-refractivity contribution in [3.63, 3.8) is 0 Å². The number of nitrogens with one attached hydrogen (secondary N) is 1. The van der Waals surface area contributed by atoms with E-state index in [0.717, 1.165) is 18.5 Å². The van der Waals surface area contributed by atoms with E-state index in [1.54, 1.807) is 18.2 Å². The first-order chi connectivity index (χ1) is 8.13. The number of benzene rings is 1. The van der Waals surface area contributed by atoms with E-state index in [2.05, 4.69) is 12.2 Å². The summed E-state index contributed by atoms with van der Waals surface area (Å²) in [7, 11) is 0. The van der Waals surface area contributed by atoms with Crippen molar-refractivity contribution in [3.05, 3.63) is 28.8 Å². The maximum atomic E-state index is 12.1. The highest BCUT2D eigenvalue weighted by Crippen LogP contribution is 2.23. The molecule has 0 aliphatic carbocycles. The molecule has 0 aliphatic rings. The lowest BCUT2D eigenvalue weighted by atomic mass is 10.2. The van der Waals surface area contributed by atoms with Gasteiger partial charge in [0.05, 0.1) is 0 Å². The van der Waals surface area contributed by atoms with Gasteiger partial charge < -0.3 is 10.1 Å². The number of halogens is 3. The van der Waals surface area contributed by atoms with Crippen LogP contribution in [-0.2, 0) is 6.54 Å². The molecule has 0 amide bonds. The Bertz CT molecular complexity index is 347. The van der Waals surface area contributed by atoms with Crippen molar-refractivity contribution in [2.45, 2.75) is 26.3 Å². The Morgan fingerprint density at radius 3 is 2.82 bits per heavy atom. The second-order valence-electron chi connectivity index (χ2n) is 3.63. The summed E-state index contributed by atoms with van der Waals surface area (Å²) in [4.78, 5) is 0. The maximum Gasteiger partial charge on any atom is 0.272 e. The fraction of sp³-hybridized carbons (Fsp3) is 0.500. The van der Waals surface area contributed by atoms with Crippen molar-refractivity contribution in [3.8, 4) is 5.75 Å². The van der Waals surface area contributed by atoms with E-state index < -0.39 is 13.0 Å². The Labute approximate surface area is 105 Å². The lowest BCUT2D eigenvalue weighted by molar-refractivity contribution is 0.0814. The van der Waals surface area contributed by atoms with E-state index in [1.165, 1.54) is 0 Å². The molecule has 0 fully saturated rings. The molecule has 0 unspecified atom stereocenters. The standard InChI is InChI=1S/C12H16ClF2NO/c1-2-5-16-7-9-6-10(13)3-4-11(9)17-8-12(14)15/h3-4,6,12,16H,2,5,7-8H2,1H3. The first kappa shape index (κ1) is 14.2. The average molecular weight is 264 g/mol. The van der Waals surface area contributed by atoms with Crippen LogP contribution in [0.5, 0.6) is 5.75 Å². The molecule has 0 spiro atoms. The molecule has 0 bridgehead atoms. The van der Waals surface area contributed by atoms with Crippen molar-refractivity contribution in [2.75, 3.05) is 13.2 Å². The summed E-state index contributed by atoms with van der Waals surface area (Å²) in [6, 6.07) is 4.98. The minimum absolute atomic E-state index is 0.457. The molecule has 0 aromatic heterocycles. The Balaban J connectivity index is 2.66. The molecular weight excluding hydrogens is 248 g/mol. The van der Waals surface area contributed by atoms with Crippen LogP contribution in [0, 0.1) is 0 Å². The molecule has 0 saturated heterocycles. The monoisotopic (exact) mass is 263 g/mol. The van der Waals surface area contributed by atoms with Crippen molar-refractivity contribution in [1.82, 2.24) is 5.32 Å². The fourth-order valence-corrected chi connectivity index (χ4v) is 1.57. The van der Waals surface area contributed by atoms with Crippen LogP contribution in [0.1, 0.15) is 18.9 Å². The molecule has 1 aromatic carbocycles. The van der Waals surface area contributed by atoms with E-state index in [4.69, 9.17) is 16.3 Å². The first-order valence-electron chi connectivity index (χ1n) is 5.53. The highest BCUT2D eigenvalue weighted by atomic mass is 35.5. The first-order valence-corrected chi connectivity index (χ1v) is 5.91. The molecular formula is C12H16ClF2NO. The van der Waals surface area contributed by atoms with Crippen LogP contribution in [0.2, 0.25) is 5.02 Å². The van der Waals surface area contributed by atoms with Crippen LogP contribution in [-0.4, -0.2) is 19.6 Å². The predicted octanol–water partition coefficient (Wildman–Crippen LogP) is 3.48. The van der Waals surface area contributed by atoms with Gasteiger partial charge in [0.25, 0.3) is 6.43 Å². The number of alkyl halides is 2. The summed E-state index contributed by atoms with van der Waals surface area (Å²) >= 11 is 5.86. The number of ether oxygens (including phenoxy) is 1. The molecule has 0 saturated carbocycles. The minimum Gasteiger partial charge on any atom is -0.487 e. The SMILES string of the molecule is CCCNCc1cc(Cl)ccc1OCC(F)F. The molecule has 0 radical (unpaired) electrons. The maximum absolute atomic E-state index is 12.1. The van der Waals surface area contributed by atoms with Crippen molar-refractivity contribution < 1.29 is 13.5 Å². The second-order valence-corrected chi connectivity index (χ2v) is 4.07. The Morgan fingerprint density at radius 2 is 2.18 bits per heavy atom. The van der Waals surface area contributed by atoms with Crippen molar-refractivity contribution >= 4 is 11.6 Å². The molecule has 1 N–H and O–H groups in total. The van der Waals surface area contributed by atoms with Crippen LogP contribution in [0.3, 0.4) is 0 Å². The van der Waals surface area contributed by atoms with Gasteiger partial charge in [-0.2, -0.15) is 0 Å². The minimum atomic E-state index is -2.47. The highest BCUT2D eigenvalue weighted by Gasteiger charge is 2.08. The third-order valence-electron chi connectivity index (χ3n) is 2.13. The molecule has 96 valence electrons. The topological polar surface area (TPSA) is 21.3 Å². The lowest BCUT2D eigenvalue weighted by Gasteiger charge is -2.12. The highest BCUT2D eigenvalue weighted by molar-refractivity contribution is 6.30. The zero-order chi connectivity index (χ0) is 12.7. The predicted molar refractivity (Wildman–Crippen MR) is 64.9 cm³/mol. The molecule has 2 nitrogen and oxygen atoms in total. The third kappa shape index (κ3) is 5.33. The van der Waals surface area contributed by atoms with Crippen LogP contribution in [0.15, 0.2) is 18.2 Å². The summed E-state index contributed by atoms with van der Waals surface area (Å²) in [5.74, 6) is 0.457. The van der Waals surface area contributed by atoms with E-state index >= 15 is 0 Å². The van der Waals surface area contributed by atoms with Gasteiger partial charge in [0.2, 0.25) is 0 Å². The number of rotatable bonds is 7. The van der Waals surface area contributed by atoms with Crippen molar-refractivity contribution in [1.29, 1.82) is 0 Å². The molecule has 1 aromatic rings. The van der Waals surface area contributed by atoms with Crippen LogP contribution < -0.4 is 10.1 Å². The van der Waals surface area contributed by atoms with E-state index in [-0.39, 0.29) is 0 Å². The van der Waals surface area contributed by atoms with E-state index in [9.17, 15) is 8.78 Å². The van der Waals surface area contributed by atoms with Gasteiger partial charge in [-0.05, 0) is 31.2 Å². The smallest absolute Gasteiger partial charge is 0.272 e. The van der Waals surface area contributed by atoms with Crippen LogP contribution in [0.4, 0.5) is 8.78 Å². The van der Waals surface area contributed by atoms with Gasteiger partial charge in [-0.1, -0.05) is 18.5 Å². The van der Waals surface area contributed by atoms with Gasteiger partial charge in [0.15, 0.2) is 0 Å². The lowest BCUT2D eigenvalue weighted by Crippen LogP contribution is -2.15. The zero-order valence-corrected chi connectivity index (χ0v) is 10.4. The van der Waals surface area contributed by atoms with E-state index in [1.807, 2.05) is 0 Å². The summed E-state index contributed by atoms with van der Waals surface area (Å²) in [5.41, 5.74) is 0.798. The molecule has 0 aliphatic heterocycles. The van der Waals surface area contributed by atoms with Crippen molar-refractivity contribution in [2.24, 2.45) is 0 Å². The van der Waals surface area contributed by atoms with E-state index in [0.29, 0.717) is 17.3 Å². The number of hydrogen-bond acceptors (Lipinski definition) is 2. The fourth-order valence-electron chi connectivity index (χ4n) is 1.38.